The Morgan fingerprint density at radius 3 is 2.34 bits per heavy atom. The fraction of sp³-hybridized carbons (Fsp3) is 0.667. The highest BCUT2D eigenvalue weighted by molar-refractivity contribution is 14.0. The standard InChI is InChI=1S/C24H40N6O.HI/c1-6-25-24(26-18-21-10-9-19(2)17-22(21)27(4)5)30-15-13-28(14-16-30)20(3)23(31)29-11-7-8-12-29;/h9-10,17,20H,6-8,11-16,18H2,1-5H3,(H,25,26);1H. The van der Waals surface area contributed by atoms with Gasteiger partial charge in [0.15, 0.2) is 5.96 Å². The molecule has 1 aromatic carbocycles. The van der Waals surface area contributed by atoms with Crippen LogP contribution in [-0.4, -0.2) is 92.5 Å². The number of hydrogen-bond donors (Lipinski definition) is 1. The van der Waals surface area contributed by atoms with Crippen LogP contribution in [0.4, 0.5) is 5.69 Å². The Bertz CT molecular complexity index is 770. The molecule has 0 spiro atoms. The average Bonchev–Trinajstić information content (AvgIpc) is 3.31. The van der Waals surface area contributed by atoms with Gasteiger partial charge in [-0.25, -0.2) is 4.99 Å². The largest absolute Gasteiger partial charge is 0.377 e. The molecule has 3 rings (SSSR count). The van der Waals surface area contributed by atoms with Gasteiger partial charge in [0.05, 0.1) is 12.6 Å². The van der Waals surface area contributed by atoms with Gasteiger partial charge in [-0.1, -0.05) is 12.1 Å². The number of aryl methyl sites for hydroxylation is 1. The van der Waals surface area contributed by atoms with E-state index >= 15 is 0 Å². The first-order chi connectivity index (χ1) is 14.9. The van der Waals surface area contributed by atoms with E-state index < -0.39 is 0 Å². The van der Waals surface area contributed by atoms with Gasteiger partial charge in [0.2, 0.25) is 5.91 Å². The van der Waals surface area contributed by atoms with E-state index in [4.69, 9.17) is 4.99 Å². The number of likely N-dealkylation sites (tertiary alicyclic amines) is 1. The Labute approximate surface area is 211 Å². The minimum Gasteiger partial charge on any atom is -0.377 e. The normalized spacial score (nSPS) is 18.3. The van der Waals surface area contributed by atoms with E-state index in [1.807, 2.05) is 4.90 Å². The van der Waals surface area contributed by atoms with Gasteiger partial charge in [0, 0.05) is 65.6 Å². The number of carbonyl (C=O) groups is 1. The first-order valence-corrected chi connectivity index (χ1v) is 11.7. The van der Waals surface area contributed by atoms with Crippen molar-refractivity contribution < 1.29 is 4.79 Å². The van der Waals surface area contributed by atoms with Crippen molar-refractivity contribution in [3.63, 3.8) is 0 Å². The highest BCUT2D eigenvalue weighted by Gasteiger charge is 2.30. The van der Waals surface area contributed by atoms with E-state index in [1.165, 1.54) is 16.8 Å². The van der Waals surface area contributed by atoms with Crippen molar-refractivity contribution in [1.29, 1.82) is 0 Å². The van der Waals surface area contributed by atoms with Crippen LogP contribution in [0.5, 0.6) is 0 Å². The van der Waals surface area contributed by atoms with Gasteiger partial charge in [-0.2, -0.15) is 0 Å². The molecule has 0 bridgehead atoms. The van der Waals surface area contributed by atoms with Gasteiger partial charge >= 0.3 is 0 Å². The summed E-state index contributed by atoms with van der Waals surface area (Å²) in [5.74, 6) is 1.26. The summed E-state index contributed by atoms with van der Waals surface area (Å²) in [6.45, 7) is 13.2. The van der Waals surface area contributed by atoms with Gasteiger partial charge in [-0.15, -0.1) is 24.0 Å². The Kier molecular flexibility index (Phi) is 10.5. The maximum absolute atomic E-state index is 12.8. The lowest BCUT2D eigenvalue weighted by atomic mass is 10.1. The van der Waals surface area contributed by atoms with Crippen molar-refractivity contribution in [3.8, 4) is 0 Å². The van der Waals surface area contributed by atoms with Crippen molar-refractivity contribution in [2.45, 2.75) is 46.2 Å². The van der Waals surface area contributed by atoms with Gasteiger partial charge in [0.25, 0.3) is 0 Å². The van der Waals surface area contributed by atoms with Crippen LogP contribution < -0.4 is 10.2 Å². The van der Waals surface area contributed by atoms with E-state index in [-0.39, 0.29) is 30.0 Å². The number of hydrogen-bond acceptors (Lipinski definition) is 4. The van der Waals surface area contributed by atoms with Crippen LogP contribution >= 0.6 is 24.0 Å². The first-order valence-electron chi connectivity index (χ1n) is 11.7. The second-order valence-electron chi connectivity index (χ2n) is 8.93. The van der Waals surface area contributed by atoms with E-state index in [9.17, 15) is 4.79 Å². The fourth-order valence-corrected chi connectivity index (χ4v) is 4.49. The fourth-order valence-electron chi connectivity index (χ4n) is 4.49. The lowest BCUT2D eigenvalue weighted by Gasteiger charge is -2.39. The van der Waals surface area contributed by atoms with E-state index in [2.05, 4.69) is 73.1 Å². The number of nitrogens with one attached hydrogen (secondary N) is 1. The third-order valence-electron chi connectivity index (χ3n) is 6.39. The SMILES string of the molecule is CCNC(=NCc1ccc(C)cc1N(C)C)N1CCN(C(C)C(=O)N2CCCC2)CC1.I. The number of anilines is 1. The summed E-state index contributed by atoms with van der Waals surface area (Å²) in [7, 11) is 4.16. The highest BCUT2D eigenvalue weighted by Crippen LogP contribution is 2.21. The van der Waals surface area contributed by atoms with Crippen LogP contribution in [0.2, 0.25) is 0 Å². The second-order valence-corrected chi connectivity index (χ2v) is 8.93. The maximum atomic E-state index is 12.8. The molecule has 180 valence electrons. The number of benzene rings is 1. The summed E-state index contributed by atoms with van der Waals surface area (Å²) < 4.78 is 0. The average molecular weight is 557 g/mol. The molecule has 2 saturated heterocycles. The van der Waals surface area contributed by atoms with E-state index in [0.717, 1.165) is 64.6 Å². The van der Waals surface area contributed by atoms with Crippen LogP contribution in [0, 0.1) is 6.92 Å². The Morgan fingerprint density at radius 2 is 1.75 bits per heavy atom. The van der Waals surface area contributed by atoms with Crippen LogP contribution in [0.1, 0.15) is 37.8 Å². The number of aliphatic imine (C=N–C) groups is 1. The predicted molar refractivity (Wildman–Crippen MR) is 144 cm³/mol. The summed E-state index contributed by atoms with van der Waals surface area (Å²) in [5, 5.41) is 3.46. The number of rotatable bonds is 6. The predicted octanol–water partition coefficient (Wildman–Crippen LogP) is 2.77. The van der Waals surface area contributed by atoms with Crippen LogP contribution in [-0.2, 0) is 11.3 Å². The third kappa shape index (κ3) is 6.73. The molecule has 0 aliphatic carbocycles. The summed E-state index contributed by atoms with van der Waals surface area (Å²) in [6, 6.07) is 6.52. The number of guanidine groups is 1. The topological polar surface area (TPSA) is 54.4 Å². The summed E-state index contributed by atoms with van der Waals surface area (Å²) >= 11 is 0. The Hall–Kier alpha value is -1.55. The molecule has 1 atom stereocenters. The molecule has 2 aliphatic heterocycles. The molecule has 1 unspecified atom stereocenters. The van der Waals surface area contributed by atoms with Crippen LogP contribution in [0.3, 0.4) is 0 Å². The summed E-state index contributed by atoms with van der Waals surface area (Å²) in [5.41, 5.74) is 3.71. The monoisotopic (exact) mass is 556 g/mol. The number of carbonyl (C=O) groups excluding carboxylic acids is 1. The van der Waals surface area contributed by atoms with Crippen molar-refractivity contribution in [2.75, 3.05) is 64.8 Å². The number of halogens is 1. The lowest BCUT2D eigenvalue weighted by molar-refractivity contribution is -0.135. The molecular formula is C24H41IN6O. The molecule has 1 aromatic rings. The number of amides is 1. The smallest absolute Gasteiger partial charge is 0.239 e. The summed E-state index contributed by atoms with van der Waals surface area (Å²) in [6.07, 6.45) is 2.29. The molecule has 2 fully saturated rings. The summed E-state index contributed by atoms with van der Waals surface area (Å²) in [4.78, 5) is 26.6. The molecule has 32 heavy (non-hydrogen) atoms. The Morgan fingerprint density at radius 1 is 1.09 bits per heavy atom. The molecule has 2 heterocycles. The molecule has 0 radical (unpaired) electrons. The lowest BCUT2D eigenvalue weighted by Crippen LogP contribution is -2.57. The maximum Gasteiger partial charge on any atom is 0.239 e. The van der Waals surface area contributed by atoms with Crippen LogP contribution in [0.25, 0.3) is 0 Å². The molecule has 0 aromatic heterocycles. The van der Waals surface area contributed by atoms with Gasteiger partial charge < -0.3 is 20.0 Å². The minimum atomic E-state index is -0.0324. The quantitative estimate of drug-likeness (QED) is 0.332. The molecule has 0 saturated carbocycles. The molecule has 8 heteroatoms. The minimum absolute atomic E-state index is 0. The zero-order valence-corrected chi connectivity index (χ0v) is 22.8. The molecule has 1 N–H and O–H groups in total. The van der Waals surface area contributed by atoms with Gasteiger partial charge in [-0.05, 0) is 50.8 Å². The zero-order valence-electron chi connectivity index (χ0n) is 20.4. The highest BCUT2D eigenvalue weighted by atomic mass is 127. The molecule has 2 aliphatic rings. The third-order valence-corrected chi connectivity index (χ3v) is 6.39. The van der Waals surface area contributed by atoms with Crippen LogP contribution in [0.15, 0.2) is 23.2 Å². The Balaban J connectivity index is 0.00000363. The van der Waals surface area contributed by atoms with Crippen molar-refractivity contribution in [1.82, 2.24) is 20.0 Å². The van der Waals surface area contributed by atoms with Gasteiger partial charge in [-0.3, -0.25) is 9.69 Å². The second kappa shape index (κ2) is 12.6. The molecule has 7 nitrogen and oxygen atoms in total. The first kappa shape index (κ1) is 26.7. The molecular weight excluding hydrogens is 515 g/mol. The van der Waals surface area contributed by atoms with E-state index in [1.54, 1.807) is 0 Å². The number of piperazine rings is 1. The number of nitrogens with zero attached hydrogens (tertiary/aromatic N) is 5. The van der Waals surface area contributed by atoms with Crippen molar-refractivity contribution in [2.24, 2.45) is 4.99 Å². The van der Waals surface area contributed by atoms with Crippen molar-refractivity contribution >= 4 is 41.5 Å². The molecule has 1 amide bonds. The van der Waals surface area contributed by atoms with Crippen molar-refractivity contribution in [3.05, 3.63) is 29.3 Å². The van der Waals surface area contributed by atoms with E-state index in [0.29, 0.717) is 12.5 Å². The zero-order chi connectivity index (χ0) is 22.4. The van der Waals surface area contributed by atoms with Gasteiger partial charge in [0.1, 0.15) is 0 Å².